The average Bonchev–Trinajstić information content (AvgIpc) is 3.43. The summed E-state index contributed by atoms with van der Waals surface area (Å²) in [4.78, 5) is 32.2. The van der Waals surface area contributed by atoms with E-state index in [-0.39, 0.29) is 11.9 Å². The third-order valence-electron chi connectivity index (χ3n) is 5.01. The molecule has 1 N–H and O–H groups in total. The first-order valence-electron chi connectivity index (χ1n) is 9.27. The number of rotatable bonds is 4. The lowest BCUT2D eigenvalue weighted by molar-refractivity contribution is -0.133. The molecule has 4 heterocycles. The summed E-state index contributed by atoms with van der Waals surface area (Å²) in [5.74, 6) is 0.130. The van der Waals surface area contributed by atoms with Gasteiger partial charge >= 0.3 is 0 Å². The highest BCUT2D eigenvalue weighted by Gasteiger charge is 2.35. The minimum atomic E-state index is -0.224. The Hall–Kier alpha value is -2.58. The van der Waals surface area contributed by atoms with E-state index in [1.807, 2.05) is 35.4 Å². The van der Waals surface area contributed by atoms with Gasteiger partial charge in [0.1, 0.15) is 11.0 Å². The van der Waals surface area contributed by atoms with E-state index in [0.29, 0.717) is 19.4 Å². The third kappa shape index (κ3) is 3.12. The number of imidazole rings is 1. The van der Waals surface area contributed by atoms with Gasteiger partial charge in [0.05, 0.1) is 27.2 Å². The second-order valence-electron chi connectivity index (χ2n) is 6.91. The number of para-hydroxylation sites is 1. The monoisotopic (exact) mass is 409 g/mol. The number of carbonyl (C=O) groups is 1. The number of hydrogen-bond acceptors (Lipinski definition) is 6. The number of H-pyrrole nitrogens is 1. The number of aromatic nitrogens is 4. The number of thiazole rings is 2. The largest absolute Gasteiger partial charge is 0.348 e. The molecule has 6 nitrogen and oxygen atoms in total. The lowest BCUT2D eigenvalue weighted by Crippen LogP contribution is -2.40. The van der Waals surface area contributed by atoms with Gasteiger partial charge in [-0.2, -0.15) is 0 Å². The van der Waals surface area contributed by atoms with Gasteiger partial charge in [-0.15, -0.1) is 22.7 Å². The maximum atomic E-state index is 13.2. The van der Waals surface area contributed by atoms with Crippen LogP contribution in [0.2, 0.25) is 0 Å². The first kappa shape index (κ1) is 17.5. The molecule has 0 aliphatic carbocycles. The summed E-state index contributed by atoms with van der Waals surface area (Å²) >= 11 is 3.26. The number of nitrogens with zero attached hydrogens (tertiary/aromatic N) is 4. The summed E-state index contributed by atoms with van der Waals surface area (Å²) < 4.78 is 1.13. The first-order valence-corrected chi connectivity index (χ1v) is 11.0. The van der Waals surface area contributed by atoms with Gasteiger partial charge in [-0.1, -0.05) is 12.1 Å². The SMILES string of the molecule is Cc1csc(CCC(=O)N2CCc3[nH]cnc3[C@H]2c2nc3ccccc3s2)n1. The first-order chi connectivity index (χ1) is 13.7. The minimum Gasteiger partial charge on any atom is -0.348 e. The molecule has 0 saturated carbocycles. The Morgan fingerprint density at radius 3 is 3.04 bits per heavy atom. The van der Waals surface area contributed by atoms with Crippen molar-refractivity contribution >= 4 is 38.8 Å². The minimum absolute atomic E-state index is 0.130. The molecule has 8 heteroatoms. The zero-order valence-corrected chi connectivity index (χ0v) is 17.0. The van der Waals surface area contributed by atoms with Crippen molar-refractivity contribution in [2.75, 3.05) is 6.54 Å². The zero-order valence-electron chi connectivity index (χ0n) is 15.4. The van der Waals surface area contributed by atoms with Crippen LogP contribution in [-0.2, 0) is 17.6 Å². The lowest BCUT2D eigenvalue weighted by atomic mass is 10.0. The number of benzene rings is 1. The van der Waals surface area contributed by atoms with Crippen molar-refractivity contribution in [3.8, 4) is 0 Å². The molecule has 5 rings (SSSR count). The molecule has 0 fully saturated rings. The molecule has 0 unspecified atom stereocenters. The van der Waals surface area contributed by atoms with Gasteiger partial charge in [-0.3, -0.25) is 4.79 Å². The van der Waals surface area contributed by atoms with E-state index in [9.17, 15) is 4.79 Å². The van der Waals surface area contributed by atoms with Crippen molar-refractivity contribution in [3.63, 3.8) is 0 Å². The summed E-state index contributed by atoms with van der Waals surface area (Å²) in [6.45, 7) is 2.65. The smallest absolute Gasteiger partial charge is 0.223 e. The van der Waals surface area contributed by atoms with Crippen LogP contribution in [0.15, 0.2) is 36.0 Å². The van der Waals surface area contributed by atoms with Crippen LogP contribution in [0.4, 0.5) is 0 Å². The fourth-order valence-corrected chi connectivity index (χ4v) is 5.54. The molecule has 0 spiro atoms. The lowest BCUT2D eigenvalue weighted by Gasteiger charge is -2.33. The molecule has 1 aromatic carbocycles. The molecule has 142 valence electrons. The highest BCUT2D eigenvalue weighted by molar-refractivity contribution is 7.18. The number of hydrogen-bond donors (Lipinski definition) is 1. The van der Waals surface area contributed by atoms with Gasteiger partial charge in [0.2, 0.25) is 5.91 Å². The molecule has 0 radical (unpaired) electrons. The Kier molecular flexibility index (Phi) is 4.44. The van der Waals surface area contributed by atoms with Crippen molar-refractivity contribution in [2.24, 2.45) is 0 Å². The Bertz CT molecular complexity index is 1110. The van der Waals surface area contributed by atoms with Gasteiger partial charge in [0.15, 0.2) is 0 Å². The fraction of sp³-hybridized carbons (Fsp3) is 0.300. The summed E-state index contributed by atoms with van der Waals surface area (Å²) in [5.41, 5.74) is 4.00. The molecule has 1 aliphatic heterocycles. The van der Waals surface area contributed by atoms with Crippen LogP contribution in [0.3, 0.4) is 0 Å². The van der Waals surface area contributed by atoms with Gasteiger partial charge in [0.25, 0.3) is 0 Å². The maximum Gasteiger partial charge on any atom is 0.223 e. The molecule has 1 amide bonds. The van der Waals surface area contributed by atoms with Crippen LogP contribution in [0.25, 0.3) is 10.2 Å². The Morgan fingerprint density at radius 2 is 2.21 bits per heavy atom. The van der Waals surface area contributed by atoms with E-state index in [0.717, 1.165) is 43.7 Å². The van der Waals surface area contributed by atoms with Gasteiger partial charge in [-0.25, -0.2) is 15.0 Å². The fourth-order valence-electron chi connectivity index (χ4n) is 3.68. The van der Waals surface area contributed by atoms with E-state index in [2.05, 4.69) is 21.0 Å². The third-order valence-corrected chi connectivity index (χ3v) is 7.12. The number of aromatic amines is 1. The number of amides is 1. The maximum absolute atomic E-state index is 13.2. The van der Waals surface area contributed by atoms with Crippen molar-refractivity contribution < 1.29 is 4.79 Å². The Balaban J connectivity index is 1.46. The number of fused-ring (bicyclic) bond motifs is 2. The van der Waals surface area contributed by atoms with E-state index < -0.39 is 0 Å². The number of carbonyl (C=O) groups excluding carboxylic acids is 1. The second-order valence-corrected chi connectivity index (χ2v) is 8.91. The molecule has 3 aromatic heterocycles. The van der Waals surface area contributed by atoms with Crippen LogP contribution >= 0.6 is 22.7 Å². The molecular weight excluding hydrogens is 390 g/mol. The van der Waals surface area contributed by atoms with Crippen molar-refractivity contribution in [2.45, 2.75) is 32.2 Å². The Morgan fingerprint density at radius 1 is 1.32 bits per heavy atom. The molecule has 0 saturated heterocycles. The highest BCUT2D eigenvalue weighted by Crippen LogP contribution is 2.37. The number of aryl methyl sites for hydroxylation is 2. The average molecular weight is 410 g/mol. The zero-order chi connectivity index (χ0) is 19.1. The van der Waals surface area contributed by atoms with E-state index in [1.165, 1.54) is 0 Å². The quantitative estimate of drug-likeness (QED) is 0.555. The van der Waals surface area contributed by atoms with Crippen molar-refractivity contribution in [3.05, 3.63) is 63.1 Å². The van der Waals surface area contributed by atoms with Gasteiger partial charge in [0, 0.05) is 42.6 Å². The summed E-state index contributed by atoms with van der Waals surface area (Å²) in [7, 11) is 0. The molecule has 1 aliphatic rings. The van der Waals surface area contributed by atoms with Crippen LogP contribution in [0, 0.1) is 6.92 Å². The van der Waals surface area contributed by atoms with Crippen LogP contribution in [-0.4, -0.2) is 37.3 Å². The molecule has 0 bridgehead atoms. The molecule has 1 atom stereocenters. The summed E-state index contributed by atoms with van der Waals surface area (Å²) in [5, 5.41) is 3.97. The van der Waals surface area contributed by atoms with Gasteiger partial charge in [-0.05, 0) is 19.1 Å². The highest BCUT2D eigenvalue weighted by atomic mass is 32.1. The normalized spacial score (nSPS) is 16.5. The topological polar surface area (TPSA) is 74.8 Å². The summed E-state index contributed by atoms with van der Waals surface area (Å²) in [6, 6.07) is 7.87. The van der Waals surface area contributed by atoms with Crippen molar-refractivity contribution in [1.82, 2.24) is 24.8 Å². The molecule has 28 heavy (non-hydrogen) atoms. The number of nitrogens with one attached hydrogen (secondary N) is 1. The molecular formula is C20H19N5OS2. The summed E-state index contributed by atoms with van der Waals surface area (Å²) in [6.07, 6.45) is 3.64. The predicted octanol–water partition coefficient (Wildman–Crippen LogP) is 3.89. The Labute approximate surface area is 170 Å². The predicted molar refractivity (Wildman–Crippen MR) is 111 cm³/mol. The van der Waals surface area contributed by atoms with Gasteiger partial charge < -0.3 is 9.88 Å². The molecule has 4 aromatic rings. The standard InChI is InChI=1S/C20H19N5OS2/c1-12-10-27-16(23-12)6-7-17(26)25-9-8-14-18(22-11-21-14)19(25)20-24-13-4-2-3-5-15(13)28-20/h2-5,10-11,19H,6-9H2,1H3,(H,21,22)/t19-/m0/s1. The van der Waals surface area contributed by atoms with Crippen LogP contribution < -0.4 is 0 Å². The van der Waals surface area contributed by atoms with E-state index >= 15 is 0 Å². The van der Waals surface area contributed by atoms with Crippen LogP contribution in [0.5, 0.6) is 0 Å². The van der Waals surface area contributed by atoms with E-state index in [4.69, 9.17) is 4.98 Å². The van der Waals surface area contributed by atoms with Crippen molar-refractivity contribution in [1.29, 1.82) is 0 Å². The van der Waals surface area contributed by atoms with E-state index in [1.54, 1.807) is 29.0 Å². The second kappa shape index (κ2) is 7.10. The van der Waals surface area contributed by atoms with Crippen LogP contribution in [0.1, 0.15) is 39.6 Å².